The van der Waals surface area contributed by atoms with Crippen LogP contribution in [0.2, 0.25) is 0 Å². The zero-order chi connectivity index (χ0) is 19.0. The van der Waals surface area contributed by atoms with Gasteiger partial charge in [0, 0.05) is 24.1 Å². The second kappa shape index (κ2) is 7.18. The molecule has 0 spiro atoms. The van der Waals surface area contributed by atoms with Crippen LogP contribution in [0.25, 0.3) is 6.08 Å². The monoisotopic (exact) mass is 364 g/mol. The average molecular weight is 364 g/mol. The lowest BCUT2D eigenvalue weighted by Crippen LogP contribution is -2.07. The fourth-order valence-corrected chi connectivity index (χ4v) is 4.29. The predicted molar refractivity (Wildman–Crippen MR) is 109 cm³/mol. The minimum absolute atomic E-state index is 0.0711. The predicted octanol–water partition coefficient (Wildman–Crippen LogP) is 5.79. The van der Waals surface area contributed by atoms with Gasteiger partial charge in [0.1, 0.15) is 0 Å². The maximum Gasteiger partial charge on any atom is 0.221 e. The fraction of sp³-hybridized carbons (Fsp3) is 0.348. The van der Waals surface area contributed by atoms with Crippen molar-refractivity contribution in [3.8, 4) is 0 Å². The number of carbonyl (C=O) groups is 1. The summed E-state index contributed by atoms with van der Waals surface area (Å²) in [6, 6.07) is 10.1. The van der Waals surface area contributed by atoms with Crippen LogP contribution in [0.4, 0.5) is 15.8 Å². The van der Waals surface area contributed by atoms with E-state index in [9.17, 15) is 4.79 Å². The van der Waals surface area contributed by atoms with E-state index in [4.69, 9.17) is 0 Å². The third-order valence-corrected chi connectivity index (χ3v) is 5.57. The van der Waals surface area contributed by atoms with Crippen molar-refractivity contribution in [1.29, 1.82) is 0 Å². The number of benzene rings is 2. The number of anilines is 2. The highest BCUT2D eigenvalue weighted by atomic mass is 19.1. The van der Waals surface area contributed by atoms with E-state index in [2.05, 4.69) is 29.7 Å². The second-order valence-electron chi connectivity index (χ2n) is 7.51. The van der Waals surface area contributed by atoms with Crippen molar-refractivity contribution in [3.63, 3.8) is 0 Å². The Morgan fingerprint density at radius 1 is 1.30 bits per heavy atom. The Bertz CT molecular complexity index is 919. The molecule has 1 aliphatic carbocycles. The van der Waals surface area contributed by atoms with Crippen molar-refractivity contribution in [2.45, 2.75) is 51.5 Å². The van der Waals surface area contributed by atoms with Gasteiger partial charge in [0.05, 0.1) is 11.7 Å². The zero-order valence-electron chi connectivity index (χ0n) is 15.8. The number of rotatable bonds is 5. The van der Waals surface area contributed by atoms with E-state index in [1.165, 1.54) is 18.1 Å². The molecule has 2 atom stereocenters. The van der Waals surface area contributed by atoms with Gasteiger partial charge in [-0.15, -0.1) is 0 Å². The smallest absolute Gasteiger partial charge is 0.221 e. The average Bonchev–Trinajstić information content (AvgIpc) is 3.16. The van der Waals surface area contributed by atoms with Crippen molar-refractivity contribution in [2.24, 2.45) is 0 Å². The first-order valence-corrected chi connectivity index (χ1v) is 9.74. The maximum absolute atomic E-state index is 15.0. The number of allylic oxidation sites excluding steroid dienone is 1. The van der Waals surface area contributed by atoms with Crippen LogP contribution in [0.5, 0.6) is 0 Å². The summed E-state index contributed by atoms with van der Waals surface area (Å²) in [4.78, 5) is 11.3. The van der Waals surface area contributed by atoms with Crippen molar-refractivity contribution < 1.29 is 9.18 Å². The largest absolute Gasteiger partial charge is 0.375 e. The molecule has 0 saturated carbocycles. The molecule has 2 aromatic carbocycles. The standard InChI is InChI=1S/C23H25FN2O/c1-3-4-5-6-7-15-8-10-19-20-13-16-12-17(25-14(2)27)9-11-18(16)22(20)26-23(19)21(15)24/h6-12,20,22,26H,3-5,13H2,1-2H3,(H,25,27)/b7-6+. The van der Waals surface area contributed by atoms with Crippen molar-refractivity contribution in [1.82, 2.24) is 0 Å². The molecule has 2 aromatic rings. The molecule has 1 aliphatic heterocycles. The van der Waals surface area contributed by atoms with E-state index in [0.717, 1.165) is 36.9 Å². The van der Waals surface area contributed by atoms with E-state index in [1.54, 1.807) is 0 Å². The Balaban J connectivity index is 1.58. The van der Waals surface area contributed by atoms with Crippen LogP contribution in [0, 0.1) is 5.82 Å². The fourth-order valence-electron chi connectivity index (χ4n) is 4.29. The quantitative estimate of drug-likeness (QED) is 0.659. The number of fused-ring (bicyclic) bond motifs is 5. The van der Waals surface area contributed by atoms with E-state index >= 15 is 4.39 Å². The number of nitrogens with one attached hydrogen (secondary N) is 2. The number of amides is 1. The van der Waals surface area contributed by atoms with Gasteiger partial charge in [-0.25, -0.2) is 4.39 Å². The summed E-state index contributed by atoms with van der Waals surface area (Å²) in [5, 5.41) is 6.26. The molecule has 27 heavy (non-hydrogen) atoms. The van der Waals surface area contributed by atoms with E-state index in [0.29, 0.717) is 11.3 Å². The van der Waals surface area contributed by atoms with Gasteiger partial charge in [0.2, 0.25) is 5.91 Å². The molecule has 2 unspecified atom stereocenters. The highest BCUT2D eigenvalue weighted by Crippen LogP contribution is 2.52. The molecule has 0 bridgehead atoms. The summed E-state index contributed by atoms with van der Waals surface area (Å²) in [6.07, 6.45) is 8.07. The van der Waals surface area contributed by atoms with Gasteiger partial charge in [-0.3, -0.25) is 4.79 Å². The Labute approximate surface area is 159 Å². The molecule has 4 rings (SSSR count). The molecule has 3 nitrogen and oxygen atoms in total. The SMILES string of the molecule is CCCC/C=C/c1ccc2c(c1F)NC1c3ccc(NC(C)=O)cc3CC21. The zero-order valence-corrected chi connectivity index (χ0v) is 15.8. The molecule has 0 aromatic heterocycles. The number of hydrogen-bond acceptors (Lipinski definition) is 2. The van der Waals surface area contributed by atoms with Crippen molar-refractivity contribution >= 4 is 23.4 Å². The van der Waals surface area contributed by atoms with Crippen LogP contribution in [0.3, 0.4) is 0 Å². The highest BCUT2D eigenvalue weighted by molar-refractivity contribution is 5.89. The molecule has 1 heterocycles. The summed E-state index contributed by atoms with van der Waals surface area (Å²) in [6.45, 7) is 3.67. The number of unbranched alkanes of at least 4 members (excludes halogenated alkanes) is 2. The first-order chi connectivity index (χ1) is 13.1. The lowest BCUT2D eigenvalue weighted by molar-refractivity contribution is -0.114. The Hall–Kier alpha value is -2.62. The minimum Gasteiger partial charge on any atom is -0.375 e. The number of hydrogen-bond donors (Lipinski definition) is 2. The van der Waals surface area contributed by atoms with Crippen molar-refractivity contribution in [3.05, 3.63) is 64.5 Å². The molecule has 0 fully saturated rings. The van der Waals surface area contributed by atoms with Gasteiger partial charge in [0.15, 0.2) is 5.82 Å². The molecule has 2 N–H and O–H groups in total. The van der Waals surface area contributed by atoms with Crippen LogP contribution < -0.4 is 10.6 Å². The van der Waals surface area contributed by atoms with Gasteiger partial charge in [-0.1, -0.05) is 50.1 Å². The van der Waals surface area contributed by atoms with Gasteiger partial charge >= 0.3 is 0 Å². The summed E-state index contributed by atoms with van der Waals surface area (Å²) in [7, 11) is 0. The van der Waals surface area contributed by atoms with Crippen LogP contribution in [0.15, 0.2) is 36.4 Å². The molecular weight excluding hydrogens is 339 g/mol. The number of carbonyl (C=O) groups excluding carboxylic acids is 1. The van der Waals surface area contributed by atoms with Gasteiger partial charge in [0.25, 0.3) is 0 Å². The third kappa shape index (κ3) is 3.25. The Morgan fingerprint density at radius 3 is 2.89 bits per heavy atom. The maximum atomic E-state index is 15.0. The molecular formula is C23H25FN2O. The normalized spacial score (nSPS) is 19.5. The van der Waals surface area contributed by atoms with E-state index in [-0.39, 0.29) is 23.7 Å². The van der Waals surface area contributed by atoms with Crippen LogP contribution in [-0.2, 0) is 11.2 Å². The first kappa shape index (κ1) is 17.8. The summed E-state index contributed by atoms with van der Waals surface area (Å²) < 4.78 is 15.0. The summed E-state index contributed by atoms with van der Waals surface area (Å²) in [5.41, 5.74) is 5.60. The van der Waals surface area contributed by atoms with E-state index < -0.39 is 0 Å². The highest BCUT2D eigenvalue weighted by Gasteiger charge is 2.41. The molecule has 4 heteroatoms. The van der Waals surface area contributed by atoms with Crippen LogP contribution in [0.1, 0.15) is 67.3 Å². The van der Waals surface area contributed by atoms with Gasteiger partial charge in [-0.2, -0.15) is 0 Å². The number of halogens is 1. The minimum atomic E-state index is -0.147. The molecule has 140 valence electrons. The molecule has 0 radical (unpaired) electrons. The van der Waals surface area contributed by atoms with Gasteiger partial charge < -0.3 is 10.6 Å². The molecule has 1 amide bonds. The van der Waals surface area contributed by atoms with E-state index in [1.807, 2.05) is 30.3 Å². The van der Waals surface area contributed by atoms with Crippen LogP contribution >= 0.6 is 0 Å². The topological polar surface area (TPSA) is 41.1 Å². The van der Waals surface area contributed by atoms with Crippen molar-refractivity contribution in [2.75, 3.05) is 10.6 Å². The Morgan fingerprint density at radius 2 is 2.11 bits per heavy atom. The summed E-state index contributed by atoms with van der Waals surface area (Å²) >= 11 is 0. The lowest BCUT2D eigenvalue weighted by atomic mass is 9.95. The summed E-state index contributed by atoms with van der Waals surface area (Å²) in [5.74, 6) is 0.0273. The second-order valence-corrected chi connectivity index (χ2v) is 7.51. The van der Waals surface area contributed by atoms with Gasteiger partial charge in [-0.05, 0) is 41.7 Å². The first-order valence-electron chi connectivity index (χ1n) is 9.74. The molecule has 0 saturated heterocycles. The Kier molecular flexibility index (Phi) is 4.73. The lowest BCUT2D eigenvalue weighted by Gasteiger charge is -2.12. The van der Waals surface area contributed by atoms with Crippen LogP contribution in [-0.4, -0.2) is 5.91 Å². The molecule has 2 aliphatic rings. The third-order valence-electron chi connectivity index (χ3n) is 5.57.